The Kier molecular flexibility index (Phi) is 6.11. The van der Waals surface area contributed by atoms with Crippen molar-refractivity contribution in [3.63, 3.8) is 0 Å². The van der Waals surface area contributed by atoms with Gasteiger partial charge in [0.1, 0.15) is 5.75 Å². The molecule has 6 nitrogen and oxygen atoms in total. The van der Waals surface area contributed by atoms with E-state index in [1.165, 1.54) is 0 Å². The fraction of sp³-hybridized carbons (Fsp3) is 0.316. The first kappa shape index (κ1) is 18.7. The number of methoxy groups -OCH3 is 1. The lowest BCUT2D eigenvalue weighted by molar-refractivity contribution is 0.0949. The van der Waals surface area contributed by atoms with Crippen LogP contribution in [0.2, 0.25) is 5.02 Å². The van der Waals surface area contributed by atoms with Crippen molar-refractivity contribution in [3.8, 4) is 5.75 Å². The quantitative estimate of drug-likeness (QED) is 0.357. The van der Waals surface area contributed by atoms with Crippen LogP contribution in [0.25, 0.3) is 21.8 Å². The molecule has 3 aromatic rings. The van der Waals surface area contributed by atoms with E-state index in [0.717, 1.165) is 33.2 Å². The van der Waals surface area contributed by atoms with Gasteiger partial charge in [-0.15, -0.1) is 0 Å². The molecule has 0 bridgehead atoms. The molecule has 4 N–H and O–H groups in total. The third kappa shape index (κ3) is 4.16. The number of anilines is 1. The van der Waals surface area contributed by atoms with E-state index in [2.05, 4.69) is 10.6 Å². The van der Waals surface area contributed by atoms with Gasteiger partial charge in [-0.1, -0.05) is 11.6 Å². The molecular weight excluding hydrogens is 354 g/mol. The highest BCUT2D eigenvalue weighted by molar-refractivity contribution is 6.31. The van der Waals surface area contributed by atoms with Crippen molar-refractivity contribution >= 4 is 39.1 Å². The largest absolute Gasteiger partial charge is 0.497 e. The van der Waals surface area contributed by atoms with E-state index in [-0.39, 0.29) is 6.61 Å². The Morgan fingerprint density at radius 2 is 1.96 bits per heavy atom. The number of nitrogens with one attached hydrogen (secondary N) is 2. The van der Waals surface area contributed by atoms with E-state index in [0.29, 0.717) is 24.7 Å². The second-order valence-electron chi connectivity index (χ2n) is 6.00. The summed E-state index contributed by atoms with van der Waals surface area (Å²) in [5, 5.41) is 27.4. The monoisotopic (exact) mass is 375 g/mol. The molecule has 0 fully saturated rings. The molecule has 1 aromatic heterocycles. The molecule has 26 heavy (non-hydrogen) atoms. The van der Waals surface area contributed by atoms with Crippen LogP contribution < -0.4 is 15.4 Å². The van der Waals surface area contributed by atoms with Crippen molar-refractivity contribution < 1.29 is 14.9 Å². The molecule has 3 rings (SSSR count). The number of aromatic nitrogens is 1. The minimum absolute atomic E-state index is 0.249. The Bertz CT molecular complexity index is 904. The Hall–Kier alpha value is -2.12. The first-order valence-corrected chi connectivity index (χ1v) is 8.80. The first-order chi connectivity index (χ1) is 12.6. The number of aliphatic hydroxyl groups excluding tert-OH is 2. The molecule has 2 aromatic carbocycles. The Morgan fingerprint density at radius 1 is 1.12 bits per heavy atom. The molecule has 0 saturated heterocycles. The van der Waals surface area contributed by atoms with Gasteiger partial charge < -0.3 is 25.6 Å². The summed E-state index contributed by atoms with van der Waals surface area (Å²) in [6.07, 6.45) is -0.746. The highest BCUT2D eigenvalue weighted by Gasteiger charge is 2.11. The number of fused-ring (bicyclic) bond motifs is 2. The van der Waals surface area contributed by atoms with Gasteiger partial charge in [-0.3, -0.25) is 0 Å². The molecule has 0 aliphatic heterocycles. The first-order valence-electron chi connectivity index (χ1n) is 8.43. The number of benzene rings is 2. The second kappa shape index (κ2) is 8.51. The summed E-state index contributed by atoms with van der Waals surface area (Å²) in [7, 11) is 1.64. The molecule has 1 heterocycles. The van der Waals surface area contributed by atoms with Crippen molar-refractivity contribution in [3.05, 3.63) is 41.4 Å². The highest BCUT2D eigenvalue weighted by atomic mass is 35.5. The van der Waals surface area contributed by atoms with E-state index >= 15 is 0 Å². The van der Waals surface area contributed by atoms with Crippen LogP contribution in [0.15, 0.2) is 36.4 Å². The van der Waals surface area contributed by atoms with Gasteiger partial charge in [-0.05, 0) is 36.4 Å². The van der Waals surface area contributed by atoms with E-state index in [9.17, 15) is 5.11 Å². The molecule has 0 aliphatic carbocycles. The molecule has 0 amide bonds. The van der Waals surface area contributed by atoms with Gasteiger partial charge in [0.15, 0.2) is 0 Å². The van der Waals surface area contributed by atoms with Crippen molar-refractivity contribution in [2.75, 3.05) is 38.7 Å². The van der Waals surface area contributed by atoms with Gasteiger partial charge >= 0.3 is 0 Å². The topological polar surface area (TPSA) is 86.6 Å². The van der Waals surface area contributed by atoms with Crippen LogP contribution in [-0.2, 0) is 0 Å². The number of hydrogen-bond donors (Lipinski definition) is 4. The standard InChI is InChI=1S/C19H22ClN3O3/c1-26-14-3-5-17-16(9-14)19(22-7-6-21-10-13(25)11-24)15-4-2-12(20)8-18(15)23-17/h2-5,8-9,13,21,24-25H,6-7,10-11H2,1H3,(H,22,23). The summed E-state index contributed by atoms with van der Waals surface area (Å²) >= 11 is 6.12. The van der Waals surface area contributed by atoms with Crippen LogP contribution in [0, 0.1) is 0 Å². The van der Waals surface area contributed by atoms with Crippen LogP contribution >= 0.6 is 11.6 Å². The zero-order valence-electron chi connectivity index (χ0n) is 14.5. The SMILES string of the molecule is COc1ccc2nc3cc(Cl)ccc3c(NCCNCC(O)CO)c2c1. The van der Waals surface area contributed by atoms with Gasteiger partial charge in [0.2, 0.25) is 0 Å². The van der Waals surface area contributed by atoms with E-state index in [1.54, 1.807) is 7.11 Å². The number of rotatable bonds is 8. The minimum Gasteiger partial charge on any atom is -0.497 e. The van der Waals surface area contributed by atoms with Crippen LogP contribution in [-0.4, -0.2) is 54.7 Å². The maximum Gasteiger partial charge on any atom is 0.119 e. The molecular formula is C19H22ClN3O3. The van der Waals surface area contributed by atoms with Gasteiger partial charge in [0, 0.05) is 35.4 Å². The van der Waals surface area contributed by atoms with Gasteiger partial charge in [0.25, 0.3) is 0 Å². The Morgan fingerprint density at radius 3 is 2.73 bits per heavy atom. The lowest BCUT2D eigenvalue weighted by Crippen LogP contribution is -2.32. The lowest BCUT2D eigenvalue weighted by Gasteiger charge is -2.15. The Labute approximate surface area is 156 Å². The fourth-order valence-electron chi connectivity index (χ4n) is 2.82. The third-order valence-electron chi connectivity index (χ3n) is 4.14. The normalized spacial score (nSPS) is 12.5. The number of ether oxygens (including phenoxy) is 1. The predicted octanol–water partition coefficient (Wildman–Crippen LogP) is 2.40. The molecule has 0 spiro atoms. The summed E-state index contributed by atoms with van der Waals surface area (Å²) in [5.41, 5.74) is 2.64. The van der Waals surface area contributed by atoms with Crippen LogP contribution in [0.3, 0.4) is 0 Å². The average molecular weight is 376 g/mol. The fourth-order valence-corrected chi connectivity index (χ4v) is 2.99. The smallest absolute Gasteiger partial charge is 0.119 e. The minimum atomic E-state index is -0.746. The lowest BCUT2D eigenvalue weighted by atomic mass is 10.1. The van der Waals surface area contributed by atoms with Crippen LogP contribution in [0.1, 0.15) is 0 Å². The maximum absolute atomic E-state index is 9.37. The molecule has 7 heteroatoms. The predicted molar refractivity (Wildman–Crippen MR) is 105 cm³/mol. The molecule has 0 saturated carbocycles. The van der Waals surface area contributed by atoms with E-state index < -0.39 is 6.10 Å². The van der Waals surface area contributed by atoms with Gasteiger partial charge in [-0.25, -0.2) is 4.98 Å². The number of nitrogens with zero attached hydrogens (tertiary/aromatic N) is 1. The molecule has 1 unspecified atom stereocenters. The van der Waals surface area contributed by atoms with Crippen LogP contribution in [0.4, 0.5) is 5.69 Å². The number of pyridine rings is 1. The van der Waals surface area contributed by atoms with Crippen molar-refractivity contribution in [1.29, 1.82) is 0 Å². The second-order valence-corrected chi connectivity index (χ2v) is 6.44. The summed E-state index contributed by atoms with van der Waals surface area (Å²) in [5.74, 6) is 0.764. The number of halogens is 1. The number of aliphatic hydroxyl groups is 2. The molecule has 0 aliphatic rings. The molecule has 138 valence electrons. The van der Waals surface area contributed by atoms with Crippen molar-refractivity contribution in [1.82, 2.24) is 10.3 Å². The average Bonchev–Trinajstić information content (AvgIpc) is 2.66. The van der Waals surface area contributed by atoms with Crippen molar-refractivity contribution in [2.45, 2.75) is 6.10 Å². The zero-order chi connectivity index (χ0) is 18.5. The molecule has 1 atom stereocenters. The summed E-state index contributed by atoms with van der Waals surface area (Å²) in [6, 6.07) is 11.4. The van der Waals surface area contributed by atoms with E-state index in [4.69, 9.17) is 26.4 Å². The number of hydrogen-bond acceptors (Lipinski definition) is 6. The molecule has 0 radical (unpaired) electrons. The third-order valence-corrected chi connectivity index (χ3v) is 4.37. The van der Waals surface area contributed by atoms with Gasteiger partial charge in [-0.2, -0.15) is 0 Å². The van der Waals surface area contributed by atoms with Gasteiger partial charge in [0.05, 0.1) is 36.5 Å². The zero-order valence-corrected chi connectivity index (χ0v) is 15.3. The van der Waals surface area contributed by atoms with E-state index in [1.807, 2.05) is 36.4 Å². The Balaban J connectivity index is 1.91. The maximum atomic E-state index is 9.37. The summed E-state index contributed by atoms with van der Waals surface area (Å²) in [4.78, 5) is 4.70. The summed E-state index contributed by atoms with van der Waals surface area (Å²) < 4.78 is 5.35. The van der Waals surface area contributed by atoms with Crippen LogP contribution in [0.5, 0.6) is 5.75 Å². The van der Waals surface area contributed by atoms with Crippen molar-refractivity contribution in [2.24, 2.45) is 0 Å². The summed E-state index contributed by atoms with van der Waals surface area (Å²) in [6.45, 7) is 1.38. The highest BCUT2D eigenvalue weighted by Crippen LogP contribution is 2.33.